The second-order valence-electron chi connectivity index (χ2n) is 7.47. The molecule has 0 saturated carbocycles. The number of amides is 2. The predicted molar refractivity (Wildman–Crippen MR) is 120 cm³/mol. The first-order valence-corrected chi connectivity index (χ1v) is 10.7. The van der Waals surface area contributed by atoms with Crippen molar-refractivity contribution in [3.63, 3.8) is 0 Å². The Morgan fingerprint density at radius 2 is 1.76 bits per heavy atom. The number of anilines is 1. The van der Waals surface area contributed by atoms with Crippen LogP contribution in [-0.2, 0) is 16.1 Å². The summed E-state index contributed by atoms with van der Waals surface area (Å²) in [5.74, 6) is 1.59. The SMILES string of the molecule is CCOc1ccc(C2=C(Nc3ccc4c(c3)OCCO4)C(=O)N(Cc3ccco3)C2=O)cc1. The summed E-state index contributed by atoms with van der Waals surface area (Å²) in [4.78, 5) is 27.9. The molecule has 5 rings (SSSR count). The van der Waals surface area contributed by atoms with E-state index in [-0.39, 0.29) is 17.8 Å². The van der Waals surface area contributed by atoms with E-state index in [4.69, 9.17) is 18.6 Å². The highest BCUT2D eigenvalue weighted by Crippen LogP contribution is 2.36. The maximum atomic E-state index is 13.4. The van der Waals surface area contributed by atoms with Gasteiger partial charge in [0.15, 0.2) is 11.5 Å². The Morgan fingerprint density at radius 3 is 2.48 bits per heavy atom. The number of carbonyl (C=O) groups is 2. The van der Waals surface area contributed by atoms with Crippen LogP contribution in [0.2, 0.25) is 0 Å². The number of ether oxygens (including phenoxy) is 3. The number of benzene rings is 2. The fourth-order valence-electron chi connectivity index (χ4n) is 3.81. The summed E-state index contributed by atoms with van der Waals surface area (Å²) in [5.41, 5.74) is 1.69. The number of nitrogens with zero attached hydrogens (tertiary/aromatic N) is 1. The van der Waals surface area contributed by atoms with Gasteiger partial charge in [-0.1, -0.05) is 12.1 Å². The normalized spacial score (nSPS) is 15.2. The van der Waals surface area contributed by atoms with E-state index in [1.54, 1.807) is 54.6 Å². The van der Waals surface area contributed by atoms with Crippen LogP contribution in [0.3, 0.4) is 0 Å². The minimum atomic E-state index is -0.435. The lowest BCUT2D eigenvalue weighted by molar-refractivity contribution is -0.137. The molecule has 8 heteroatoms. The van der Waals surface area contributed by atoms with Gasteiger partial charge >= 0.3 is 0 Å². The first-order valence-electron chi connectivity index (χ1n) is 10.7. The van der Waals surface area contributed by atoms with Crippen LogP contribution in [0, 0.1) is 0 Å². The van der Waals surface area contributed by atoms with Crippen LogP contribution < -0.4 is 19.5 Å². The first-order chi connectivity index (χ1) is 16.1. The Kier molecular flexibility index (Phi) is 5.48. The Morgan fingerprint density at radius 1 is 0.970 bits per heavy atom. The lowest BCUT2D eigenvalue weighted by Gasteiger charge is -2.19. The molecule has 1 aromatic heterocycles. The zero-order chi connectivity index (χ0) is 22.8. The number of hydrogen-bond donors (Lipinski definition) is 1. The molecule has 0 aliphatic carbocycles. The maximum Gasteiger partial charge on any atom is 0.278 e. The van der Waals surface area contributed by atoms with Gasteiger partial charge in [-0.2, -0.15) is 0 Å². The smallest absolute Gasteiger partial charge is 0.278 e. The molecule has 8 nitrogen and oxygen atoms in total. The van der Waals surface area contributed by atoms with Crippen molar-refractivity contribution in [2.75, 3.05) is 25.1 Å². The Labute approximate surface area is 190 Å². The minimum absolute atomic E-state index is 0.0392. The lowest BCUT2D eigenvalue weighted by atomic mass is 10.0. The zero-order valence-electron chi connectivity index (χ0n) is 18.0. The second kappa shape index (κ2) is 8.74. The van der Waals surface area contributed by atoms with E-state index in [0.29, 0.717) is 54.1 Å². The molecular formula is C25H22N2O6. The van der Waals surface area contributed by atoms with Gasteiger partial charge in [0.25, 0.3) is 11.8 Å². The van der Waals surface area contributed by atoms with Gasteiger partial charge < -0.3 is 23.9 Å². The molecule has 0 atom stereocenters. The summed E-state index contributed by atoms with van der Waals surface area (Å²) in [6.45, 7) is 3.41. The number of hydrogen-bond acceptors (Lipinski definition) is 7. The standard InChI is InChI=1S/C25H22N2O6/c1-2-30-18-8-5-16(6-9-18)22-23(25(29)27(24(22)28)15-19-4-3-11-31-19)26-17-7-10-20-21(14-17)33-13-12-32-20/h3-11,14,26H,2,12-13,15H2,1H3. The van der Waals surface area contributed by atoms with Crippen molar-refractivity contribution >= 4 is 23.1 Å². The zero-order valence-corrected chi connectivity index (χ0v) is 18.0. The Hall–Kier alpha value is -4.20. The summed E-state index contributed by atoms with van der Waals surface area (Å²) in [7, 11) is 0. The monoisotopic (exact) mass is 446 g/mol. The largest absolute Gasteiger partial charge is 0.494 e. The Balaban J connectivity index is 1.51. The van der Waals surface area contributed by atoms with Gasteiger partial charge in [-0.3, -0.25) is 14.5 Å². The molecule has 3 aromatic rings. The number of carbonyl (C=O) groups excluding carboxylic acids is 2. The number of rotatable bonds is 7. The average molecular weight is 446 g/mol. The molecule has 0 fully saturated rings. The quantitative estimate of drug-likeness (QED) is 0.552. The van der Waals surface area contributed by atoms with E-state index >= 15 is 0 Å². The predicted octanol–water partition coefficient (Wildman–Crippen LogP) is 3.84. The van der Waals surface area contributed by atoms with Gasteiger partial charge in [-0.15, -0.1) is 0 Å². The highest BCUT2D eigenvalue weighted by molar-refractivity contribution is 6.36. The van der Waals surface area contributed by atoms with Gasteiger partial charge in [0.2, 0.25) is 0 Å². The third kappa shape index (κ3) is 4.03. The van der Waals surface area contributed by atoms with Crippen molar-refractivity contribution in [1.82, 2.24) is 4.90 Å². The molecule has 1 N–H and O–H groups in total. The molecule has 2 aliphatic rings. The van der Waals surface area contributed by atoms with Crippen LogP contribution in [-0.4, -0.2) is 36.5 Å². The second-order valence-corrected chi connectivity index (χ2v) is 7.47. The molecule has 33 heavy (non-hydrogen) atoms. The lowest BCUT2D eigenvalue weighted by Crippen LogP contribution is -2.31. The molecule has 0 unspecified atom stereocenters. The molecule has 0 saturated heterocycles. The highest BCUT2D eigenvalue weighted by Gasteiger charge is 2.39. The molecule has 0 spiro atoms. The molecule has 0 radical (unpaired) electrons. The summed E-state index contributed by atoms with van der Waals surface area (Å²) >= 11 is 0. The van der Waals surface area contributed by atoms with E-state index in [2.05, 4.69) is 5.32 Å². The molecular weight excluding hydrogens is 424 g/mol. The molecule has 2 aliphatic heterocycles. The number of imide groups is 1. The van der Waals surface area contributed by atoms with E-state index < -0.39 is 11.8 Å². The van der Waals surface area contributed by atoms with Crippen LogP contribution in [0.5, 0.6) is 17.2 Å². The van der Waals surface area contributed by atoms with Crippen molar-refractivity contribution in [3.05, 3.63) is 77.9 Å². The average Bonchev–Trinajstić information content (AvgIpc) is 3.43. The number of fused-ring (bicyclic) bond motifs is 1. The van der Waals surface area contributed by atoms with E-state index in [0.717, 1.165) is 0 Å². The van der Waals surface area contributed by atoms with Crippen LogP contribution >= 0.6 is 0 Å². The third-order valence-electron chi connectivity index (χ3n) is 5.33. The van der Waals surface area contributed by atoms with E-state index in [1.165, 1.54) is 11.2 Å². The van der Waals surface area contributed by atoms with Crippen molar-refractivity contribution in [2.45, 2.75) is 13.5 Å². The van der Waals surface area contributed by atoms with Gasteiger partial charge in [0.05, 0.1) is 25.0 Å². The first kappa shape index (κ1) is 20.7. The van der Waals surface area contributed by atoms with Crippen molar-refractivity contribution < 1.29 is 28.2 Å². The van der Waals surface area contributed by atoms with Gasteiger partial charge in [-0.05, 0) is 48.9 Å². The fraction of sp³-hybridized carbons (Fsp3) is 0.200. The summed E-state index contributed by atoms with van der Waals surface area (Å²) in [6.07, 6.45) is 1.51. The van der Waals surface area contributed by atoms with Crippen molar-refractivity contribution in [1.29, 1.82) is 0 Å². The van der Waals surface area contributed by atoms with Crippen LogP contribution in [0.15, 0.2) is 71.0 Å². The maximum absolute atomic E-state index is 13.4. The van der Waals surface area contributed by atoms with Crippen LogP contribution in [0.4, 0.5) is 5.69 Å². The molecule has 0 bridgehead atoms. The third-order valence-corrected chi connectivity index (χ3v) is 5.33. The summed E-state index contributed by atoms with van der Waals surface area (Å²) < 4.78 is 22.1. The fourth-order valence-corrected chi connectivity index (χ4v) is 3.81. The van der Waals surface area contributed by atoms with Gasteiger partial charge in [0, 0.05) is 11.8 Å². The number of nitrogens with one attached hydrogen (secondary N) is 1. The molecule has 3 heterocycles. The number of furan rings is 1. The van der Waals surface area contributed by atoms with Crippen molar-refractivity contribution in [2.24, 2.45) is 0 Å². The minimum Gasteiger partial charge on any atom is -0.494 e. The van der Waals surface area contributed by atoms with Gasteiger partial charge in [-0.25, -0.2) is 0 Å². The van der Waals surface area contributed by atoms with E-state index in [9.17, 15) is 9.59 Å². The van der Waals surface area contributed by atoms with E-state index in [1.807, 2.05) is 6.92 Å². The van der Waals surface area contributed by atoms with Crippen LogP contribution in [0.1, 0.15) is 18.2 Å². The van der Waals surface area contributed by atoms with Gasteiger partial charge in [0.1, 0.15) is 30.4 Å². The molecule has 2 aromatic carbocycles. The summed E-state index contributed by atoms with van der Waals surface area (Å²) in [6, 6.07) is 15.9. The van der Waals surface area contributed by atoms with Crippen molar-refractivity contribution in [3.8, 4) is 17.2 Å². The topological polar surface area (TPSA) is 90.2 Å². The Bertz CT molecular complexity index is 1210. The summed E-state index contributed by atoms with van der Waals surface area (Å²) in [5, 5.41) is 3.14. The van der Waals surface area contributed by atoms with Crippen LogP contribution in [0.25, 0.3) is 5.57 Å². The molecule has 168 valence electrons. The molecule has 2 amide bonds. The highest BCUT2D eigenvalue weighted by atomic mass is 16.6.